The number of aliphatic carboxylic acids is 1. The lowest BCUT2D eigenvalue weighted by molar-refractivity contribution is -0.154. The van der Waals surface area contributed by atoms with Gasteiger partial charge in [0.05, 0.1) is 0 Å². The molecule has 5 nitrogen and oxygen atoms in total. The van der Waals surface area contributed by atoms with Gasteiger partial charge in [-0.05, 0) is 25.2 Å². The number of carbonyl (C=O) groups is 2. The van der Waals surface area contributed by atoms with Crippen molar-refractivity contribution in [1.29, 1.82) is 0 Å². The second-order valence-corrected chi connectivity index (χ2v) is 5.02. The maximum absolute atomic E-state index is 12.0. The predicted molar refractivity (Wildman–Crippen MR) is 60.5 cm³/mol. The molecule has 2 aliphatic rings. The molecule has 0 aromatic rings. The average Bonchev–Trinajstić information content (AvgIpc) is 2.99. The smallest absolute Gasteiger partial charge is 0.332 e. The standard InChI is InChI=1S/C12H19NO4/c1-13(7-6-8-2-3-8)11(14)9-4-5-10(17-9)12(15)16/h8-10H,2-7H2,1H3,(H,15,16)/t9-,10+/m0/s1. The predicted octanol–water partition coefficient (Wildman–Crippen LogP) is 0.877. The molecule has 2 rings (SSSR count). The highest BCUT2D eigenvalue weighted by molar-refractivity contribution is 5.82. The Morgan fingerprint density at radius 1 is 1.24 bits per heavy atom. The van der Waals surface area contributed by atoms with Crippen molar-refractivity contribution in [2.45, 2.75) is 44.3 Å². The average molecular weight is 241 g/mol. The van der Waals surface area contributed by atoms with E-state index in [1.54, 1.807) is 11.9 Å². The van der Waals surface area contributed by atoms with Gasteiger partial charge in [-0.2, -0.15) is 0 Å². The van der Waals surface area contributed by atoms with Crippen LogP contribution in [0.25, 0.3) is 0 Å². The summed E-state index contributed by atoms with van der Waals surface area (Å²) in [6.07, 6.45) is 3.20. The number of likely N-dealkylation sites (N-methyl/N-ethyl adjacent to an activating group) is 1. The molecule has 0 unspecified atom stereocenters. The Morgan fingerprint density at radius 2 is 1.88 bits per heavy atom. The van der Waals surface area contributed by atoms with Gasteiger partial charge in [-0.3, -0.25) is 4.79 Å². The molecule has 1 aliphatic heterocycles. The molecule has 5 heteroatoms. The second kappa shape index (κ2) is 5.04. The third-order valence-corrected chi connectivity index (χ3v) is 3.52. The molecule has 0 aromatic carbocycles. The van der Waals surface area contributed by atoms with E-state index in [-0.39, 0.29) is 5.91 Å². The number of carboxylic acids is 1. The summed E-state index contributed by atoms with van der Waals surface area (Å²) in [5.41, 5.74) is 0. The van der Waals surface area contributed by atoms with Crippen LogP contribution in [0, 0.1) is 5.92 Å². The summed E-state index contributed by atoms with van der Waals surface area (Å²) in [6, 6.07) is 0. The largest absolute Gasteiger partial charge is 0.479 e. The number of amides is 1. The summed E-state index contributed by atoms with van der Waals surface area (Å²) < 4.78 is 5.24. The van der Waals surface area contributed by atoms with Gasteiger partial charge in [-0.15, -0.1) is 0 Å². The van der Waals surface area contributed by atoms with Crippen molar-refractivity contribution >= 4 is 11.9 Å². The summed E-state index contributed by atoms with van der Waals surface area (Å²) in [5.74, 6) is -0.253. The molecule has 96 valence electrons. The molecule has 1 aliphatic carbocycles. The van der Waals surface area contributed by atoms with Gasteiger partial charge in [0.1, 0.15) is 6.10 Å². The first-order chi connectivity index (χ1) is 8.08. The first-order valence-corrected chi connectivity index (χ1v) is 6.21. The molecule has 2 fully saturated rings. The molecule has 0 bridgehead atoms. The highest BCUT2D eigenvalue weighted by atomic mass is 16.5. The fourth-order valence-corrected chi connectivity index (χ4v) is 2.14. The van der Waals surface area contributed by atoms with Crippen molar-refractivity contribution in [2.75, 3.05) is 13.6 Å². The zero-order chi connectivity index (χ0) is 12.4. The fourth-order valence-electron chi connectivity index (χ4n) is 2.14. The van der Waals surface area contributed by atoms with Crippen molar-refractivity contribution in [3.8, 4) is 0 Å². The molecule has 17 heavy (non-hydrogen) atoms. The minimum atomic E-state index is -0.971. The Balaban J connectivity index is 1.76. The van der Waals surface area contributed by atoms with Crippen molar-refractivity contribution in [1.82, 2.24) is 4.90 Å². The summed E-state index contributed by atoms with van der Waals surface area (Å²) in [4.78, 5) is 24.3. The van der Waals surface area contributed by atoms with Gasteiger partial charge in [0.25, 0.3) is 5.91 Å². The zero-order valence-corrected chi connectivity index (χ0v) is 10.1. The Hall–Kier alpha value is -1.10. The quantitative estimate of drug-likeness (QED) is 0.775. The van der Waals surface area contributed by atoms with Crippen LogP contribution < -0.4 is 0 Å². The summed E-state index contributed by atoms with van der Waals surface area (Å²) >= 11 is 0. The van der Waals surface area contributed by atoms with Crippen LogP contribution in [-0.4, -0.2) is 47.7 Å². The Morgan fingerprint density at radius 3 is 2.41 bits per heavy atom. The molecular weight excluding hydrogens is 222 g/mol. The first kappa shape index (κ1) is 12.4. The molecule has 1 heterocycles. The van der Waals surface area contributed by atoms with Crippen molar-refractivity contribution in [3.63, 3.8) is 0 Å². The number of carboxylic acid groups (broad SMARTS) is 1. The molecule has 1 saturated carbocycles. The Bertz CT molecular complexity index is 314. The van der Waals surface area contributed by atoms with Crippen LogP contribution in [0.15, 0.2) is 0 Å². The molecule has 0 radical (unpaired) electrons. The number of ether oxygens (including phenoxy) is 1. The first-order valence-electron chi connectivity index (χ1n) is 6.21. The lowest BCUT2D eigenvalue weighted by atomic mass is 10.1. The van der Waals surface area contributed by atoms with E-state index in [1.807, 2.05) is 0 Å². The van der Waals surface area contributed by atoms with Crippen LogP contribution in [0.1, 0.15) is 32.1 Å². The third-order valence-electron chi connectivity index (χ3n) is 3.52. The highest BCUT2D eigenvalue weighted by Gasteiger charge is 2.36. The minimum Gasteiger partial charge on any atom is -0.479 e. The van der Waals surface area contributed by atoms with Gasteiger partial charge in [0.15, 0.2) is 6.10 Å². The van der Waals surface area contributed by atoms with E-state index in [2.05, 4.69) is 0 Å². The third kappa shape index (κ3) is 3.19. The Kier molecular flexibility index (Phi) is 3.66. The summed E-state index contributed by atoms with van der Waals surface area (Å²) in [7, 11) is 1.77. The summed E-state index contributed by atoms with van der Waals surface area (Å²) in [6.45, 7) is 0.751. The molecule has 1 saturated heterocycles. The van der Waals surface area contributed by atoms with Gasteiger partial charge in [0.2, 0.25) is 0 Å². The maximum atomic E-state index is 12.0. The van der Waals surface area contributed by atoms with E-state index >= 15 is 0 Å². The van der Waals surface area contributed by atoms with Gasteiger partial charge in [0, 0.05) is 13.6 Å². The van der Waals surface area contributed by atoms with Crippen LogP contribution in [0.2, 0.25) is 0 Å². The highest BCUT2D eigenvalue weighted by Crippen LogP contribution is 2.32. The molecule has 1 N–H and O–H groups in total. The second-order valence-electron chi connectivity index (χ2n) is 5.02. The normalized spacial score (nSPS) is 28.1. The number of hydrogen-bond acceptors (Lipinski definition) is 3. The SMILES string of the molecule is CN(CCC1CC1)C(=O)[C@@H]1CC[C@H](C(=O)O)O1. The van der Waals surface area contributed by atoms with Gasteiger partial charge >= 0.3 is 5.97 Å². The van der Waals surface area contributed by atoms with Gasteiger partial charge in [-0.25, -0.2) is 4.79 Å². The van der Waals surface area contributed by atoms with E-state index in [0.717, 1.165) is 18.9 Å². The van der Waals surface area contributed by atoms with Crippen LogP contribution in [0.5, 0.6) is 0 Å². The molecule has 0 spiro atoms. The monoisotopic (exact) mass is 241 g/mol. The maximum Gasteiger partial charge on any atom is 0.332 e. The lowest BCUT2D eigenvalue weighted by Crippen LogP contribution is -2.37. The number of hydrogen-bond donors (Lipinski definition) is 1. The van der Waals surface area contributed by atoms with Crippen LogP contribution >= 0.6 is 0 Å². The van der Waals surface area contributed by atoms with Crippen molar-refractivity contribution in [2.24, 2.45) is 5.92 Å². The van der Waals surface area contributed by atoms with E-state index in [0.29, 0.717) is 12.8 Å². The zero-order valence-electron chi connectivity index (χ0n) is 10.1. The number of nitrogens with zero attached hydrogens (tertiary/aromatic N) is 1. The minimum absolute atomic E-state index is 0.0746. The molecule has 2 atom stereocenters. The molecular formula is C12H19NO4. The Labute approximate surface area is 101 Å². The summed E-state index contributed by atoms with van der Waals surface area (Å²) in [5, 5.41) is 8.79. The van der Waals surface area contributed by atoms with Crippen molar-refractivity contribution < 1.29 is 19.4 Å². The van der Waals surface area contributed by atoms with Crippen LogP contribution in [0.3, 0.4) is 0 Å². The van der Waals surface area contributed by atoms with Crippen LogP contribution in [0.4, 0.5) is 0 Å². The van der Waals surface area contributed by atoms with Gasteiger partial charge < -0.3 is 14.7 Å². The number of carbonyl (C=O) groups excluding carboxylic acids is 1. The van der Waals surface area contributed by atoms with E-state index in [4.69, 9.17) is 9.84 Å². The molecule has 1 amide bonds. The lowest BCUT2D eigenvalue weighted by Gasteiger charge is -2.20. The van der Waals surface area contributed by atoms with Gasteiger partial charge in [-0.1, -0.05) is 12.8 Å². The topological polar surface area (TPSA) is 66.8 Å². The number of rotatable bonds is 5. The van der Waals surface area contributed by atoms with Crippen molar-refractivity contribution in [3.05, 3.63) is 0 Å². The van der Waals surface area contributed by atoms with E-state index in [9.17, 15) is 9.59 Å². The van der Waals surface area contributed by atoms with E-state index < -0.39 is 18.2 Å². The molecule has 0 aromatic heterocycles. The van der Waals surface area contributed by atoms with Crippen LogP contribution in [-0.2, 0) is 14.3 Å². The fraction of sp³-hybridized carbons (Fsp3) is 0.833. The van der Waals surface area contributed by atoms with E-state index in [1.165, 1.54) is 12.8 Å².